The van der Waals surface area contributed by atoms with Gasteiger partial charge in [0.05, 0.1) is 5.69 Å². The number of H-pyrrole nitrogens is 1. The molecular weight excluding hydrogens is 443 g/mol. The van der Waals surface area contributed by atoms with Crippen LogP contribution < -0.4 is 10.6 Å². The molecule has 4 rings (SSSR count). The first-order chi connectivity index (χ1) is 16.4. The molecule has 0 aromatic carbocycles. The van der Waals surface area contributed by atoms with Crippen molar-refractivity contribution >= 4 is 23.5 Å². The van der Waals surface area contributed by atoms with E-state index in [-0.39, 0.29) is 25.0 Å². The molecule has 34 heavy (non-hydrogen) atoms. The Kier molecular flexibility index (Phi) is 6.93. The Morgan fingerprint density at radius 2 is 2.29 bits per heavy atom. The van der Waals surface area contributed by atoms with Crippen molar-refractivity contribution in [1.82, 2.24) is 29.9 Å². The van der Waals surface area contributed by atoms with E-state index in [1.807, 2.05) is 0 Å². The van der Waals surface area contributed by atoms with Crippen molar-refractivity contribution in [2.24, 2.45) is 0 Å². The number of imidazole rings is 1. The summed E-state index contributed by atoms with van der Waals surface area (Å²) in [6.45, 7) is 3.60. The highest BCUT2D eigenvalue weighted by atomic mass is 19.1. The number of amides is 1. The van der Waals surface area contributed by atoms with Crippen molar-refractivity contribution in [3.63, 3.8) is 0 Å². The monoisotopic (exact) mass is 470 g/mol. The number of anilines is 2. The lowest BCUT2D eigenvalue weighted by Crippen LogP contribution is -2.35. The number of carbonyl (C=O) groups is 1. The van der Waals surface area contributed by atoms with Crippen molar-refractivity contribution in [3.05, 3.63) is 35.4 Å². The molecule has 12 heteroatoms. The van der Waals surface area contributed by atoms with Crippen LogP contribution in [-0.4, -0.2) is 60.7 Å². The number of aryl methyl sites for hydroxylation is 1. The molecule has 1 saturated carbocycles. The minimum Gasteiger partial charge on any atom is -0.443 e. The number of fused-ring (bicyclic) bond motifs is 1. The fourth-order valence-corrected chi connectivity index (χ4v) is 4.11. The van der Waals surface area contributed by atoms with Gasteiger partial charge in [-0.15, -0.1) is 0 Å². The van der Waals surface area contributed by atoms with Gasteiger partial charge in [0.25, 0.3) is 0 Å². The number of aliphatic hydroxyl groups is 1. The molecule has 3 atom stereocenters. The predicted octanol–water partition coefficient (Wildman–Crippen LogP) is 2.71. The van der Waals surface area contributed by atoms with E-state index in [9.17, 15) is 19.6 Å². The number of hydrogen-bond donors (Lipinski definition) is 4. The highest BCUT2D eigenvalue weighted by molar-refractivity contribution is 5.67. The summed E-state index contributed by atoms with van der Waals surface area (Å²) in [4.78, 5) is 20.7. The second-order valence-electron chi connectivity index (χ2n) is 8.58. The molecule has 1 fully saturated rings. The third kappa shape index (κ3) is 4.94. The van der Waals surface area contributed by atoms with E-state index in [4.69, 9.17) is 4.74 Å². The summed E-state index contributed by atoms with van der Waals surface area (Å²) in [6.07, 6.45) is 2.01. The topological polar surface area (TPSA) is 153 Å². The number of nitrogens with zero attached hydrogens (tertiary/aromatic N) is 5. The number of rotatable bonds is 8. The van der Waals surface area contributed by atoms with Crippen molar-refractivity contribution in [1.29, 1.82) is 5.26 Å². The summed E-state index contributed by atoms with van der Waals surface area (Å²) in [5.41, 5.74) is 2.07. The van der Waals surface area contributed by atoms with E-state index in [0.29, 0.717) is 47.9 Å². The average molecular weight is 471 g/mol. The average Bonchev–Trinajstić information content (AvgIpc) is 3.52. The number of nitriles is 1. The van der Waals surface area contributed by atoms with E-state index in [0.717, 1.165) is 5.69 Å². The van der Waals surface area contributed by atoms with E-state index in [1.54, 1.807) is 36.7 Å². The van der Waals surface area contributed by atoms with Crippen LogP contribution in [0.25, 0.3) is 5.65 Å². The first kappa shape index (κ1) is 23.4. The standard InChI is InChI=1S/C22H27FN8O3/c1-12(2)26-22(33)34-18-9-13(8-15(18)23)17-10-19(30-29-17)28-21-27-16(4-3-7-32)14(11-24)20-25-5-6-31(20)21/h5-6,10,12-13,15,18,32H,3-4,7-9H2,1-2H3,(H,26,33)(H2,27,28,29,30)/t13-,15+,18-/m0/s1. The van der Waals surface area contributed by atoms with Gasteiger partial charge in [-0.1, -0.05) is 0 Å². The minimum absolute atomic E-state index is 0.0154. The maximum absolute atomic E-state index is 14.5. The van der Waals surface area contributed by atoms with Crippen molar-refractivity contribution in [2.75, 3.05) is 11.9 Å². The van der Waals surface area contributed by atoms with Gasteiger partial charge in [-0.05, 0) is 39.5 Å². The smallest absolute Gasteiger partial charge is 0.407 e. The molecule has 0 saturated heterocycles. The second-order valence-corrected chi connectivity index (χ2v) is 8.58. The third-order valence-corrected chi connectivity index (χ3v) is 5.68. The fraction of sp³-hybridized carbons (Fsp3) is 0.500. The summed E-state index contributed by atoms with van der Waals surface area (Å²) >= 11 is 0. The molecule has 3 heterocycles. The van der Waals surface area contributed by atoms with Gasteiger partial charge in [0.1, 0.15) is 23.9 Å². The Balaban J connectivity index is 1.50. The maximum atomic E-state index is 14.5. The zero-order valence-corrected chi connectivity index (χ0v) is 19.0. The SMILES string of the molecule is CC(C)NC(=O)O[C@H]1C[C@@H](c2cc(Nc3nc(CCCO)c(C#N)c4nccn34)n[nH]2)C[C@H]1F. The molecule has 4 N–H and O–H groups in total. The van der Waals surface area contributed by atoms with Crippen LogP contribution in [0.5, 0.6) is 0 Å². The number of aromatic amines is 1. The number of halogens is 1. The number of nitrogens with one attached hydrogen (secondary N) is 3. The first-order valence-corrected chi connectivity index (χ1v) is 11.2. The normalized spacial score (nSPS) is 19.9. The Morgan fingerprint density at radius 3 is 3.03 bits per heavy atom. The Morgan fingerprint density at radius 1 is 1.47 bits per heavy atom. The van der Waals surface area contributed by atoms with Crippen LogP contribution in [0.4, 0.5) is 21.0 Å². The van der Waals surface area contributed by atoms with Crippen molar-refractivity contribution in [3.8, 4) is 6.07 Å². The molecule has 180 valence electrons. The van der Waals surface area contributed by atoms with E-state index in [2.05, 4.69) is 36.9 Å². The summed E-state index contributed by atoms with van der Waals surface area (Å²) in [6, 6.07) is 3.82. The molecule has 0 bridgehead atoms. The van der Waals surface area contributed by atoms with Gasteiger partial charge in [-0.3, -0.25) is 9.50 Å². The summed E-state index contributed by atoms with van der Waals surface area (Å²) in [5, 5.41) is 31.7. The van der Waals surface area contributed by atoms with E-state index < -0.39 is 18.4 Å². The van der Waals surface area contributed by atoms with Gasteiger partial charge < -0.3 is 20.5 Å². The second kappa shape index (κ2) is 10.0. The molecule has 1 aliphatic rings. The molecule has 0 aliphatic heterocycles. The molecule has 0 unspecified atom stereocenters. The van der Waals surface area contributed by atoms with Gasteiger partial charge in [0.15, 0.2) is 11.5 Å². The molecule has 11 nitrogen and oxygen atoms in total. The van der Waals surface area contributed by atoms with Crippen LogP contribution >= 0.6 is 0 Å². The molecule has 1 aliphatic carbocycles. The van der Waals surface area contributed by atoms with Gasteiger partial charge in [-0.2, -0.15) is 10.4 Å². The zero-order chi connectivity index (χ0) is 24.2. The Bertz CT molecular complexity index is 1200. The van der Waals surface area contributed by atoms with Crippen LogP contribution in [0.1, 0.15) is 56.0 Å². The minimum atomic E-state index is -1.26. The Hall–Kier alpha value is -3.72. The number of carbonyl (C=O) groups excluding carboxylic acids is 1. The number of alkyl carbamates (subject to hydrolysis) is 1. The fourth-order valence-electron chi connectivity index (χ4n) is 4.11. The number of alkyl halides is 1. The summed E-state index contributed by atoms with van der Waals surface area (Å²) in [5.74, 6) is 0.698. The highest BCUT2D eigenvalue weighted by Crippen LogP contribution is 2.38. The van der Waals surface area contributed by atoms with Crippen molar-refractivity contribution in [2.45, 2.75) is 63.8 Å². The number of aliphatic hydroxyl groups excluding tert-OH is 1. The lowest BCUT2D eigenvalue weighted by Gasteiger charge is -2.16. The van der Waals surface area contributed by atoms with Gasteiger partial charge in [0.2, 0.25) is 5.95 Å². The molecule has 0 radical (unpaired) electrons. The maximum Gasteiger partial charge on any atom is 0.407 e. The zero-order valence-electron chi connectivity index (χ0n) is 19.0. The third-order valence-electron chi connectivity index (χ3n) is 5.68. The summed E-state index contributed by atoms with van der Waals surface area (Å²) in [7, 11) is 0. The van der Waals surface area contributed by atoms with Crippen LogP contribution in [0.3, 0.4) is 0 Å². The van der Waals surface area contributed by atoms with Crippen LogP contribution in [0.15, 0.2) is 18.5 Å². The molecular formula is C22H27FN8O3. The predicted molar refractivity (Wildman–Crippen MR) is 120 cm³/mol. The number of aromatic nitrogens is 5. The largest absolute Gasteiger partial charge is 0.443 e. The van der Waals surface area contributed by atoms with E-state index in [1.165, 1.54) is 0 Å². The van der Waals surface area contributed by atoms with Crippen molar-refractivity contribution < 1.29 is 19.0 Å². The quantitative estimate of drug-likeness (QED) is 0.392. The van der Waals surface area contributed by atoms with E-state index >= 15 is 0 Å². The molecule has 1 amide bonds. The van der Waals surface area contributed by atoms with Gasteiger partial charge in [-0.25, -0.2) is 19.2 Å². The Labute approximate surface area is 195 Å². The number of hydrogen-bond acceptors (Lipinski definition) is 8. The highest BCUT2D eigenvalue weighted by Gasteiger charge is 2.38. The molecule has 0 spiro atoms. The first-order valence-electron chi connectivity index (χ1n) is 11.2. The van der Waals surface area contributed by atoms with Crippen LogP contribution in [0.2, 0.25) is 0 Å². The van der Waals surface area contributed by atoms with Crippen LogP contribution in [0, 0.1) is 11.3 Å². The lowest BCUT2D eigenvalue weighted by molar-refractivity contribution is 0.0593. The molecule has 3 aromatic heterocycles. The van der Waals surface area contributed by atoms with Gasteiger partial charge >= 0.3 is 6.09 Å². The summed E-state index contributed by atoms with van der Waals surface area (Å²) < 4.78 is 21.4. The lowest BCUT2D eigenvalue weighted by atomic mass is 10.0. The number of ether oxygens (including phenoxy) is 1. The van der Waals surface area contributed by atoms with Crippen LogP contribution in [-0.2, 0) is 11.2 Å². The van der Waals surface area contributed by atoms with Gasteiger partial charge in [0, 0.05) is 42.7 Å². The molecule has 3 aromatic rings.